The van der Waals surface area contributed by atoms with Crippen molar-refractivity contribution in [1.29, 1.82) is 0 Å². The number of allylic oxidation sites excluding steroid dienone is 2. The molecule has 0 aromatic carbocycles. The molecule has 0 spiro atoms. The van der Waals surface area contributed by atoms with E-state index in [4.69, 9.17) is 0 Å². The van der Waals surface area contributed by atoms with Crippen molar-refractivity contribution in [2.45, 2.75) is 27.7 Å². The maximum atomic E-state index is 4.01. The molecule has 0 saturated heterocycles. The zero-order valence-corrected chi connectivity index (χ0v) is 10.1. The van der Waals surface area contributed by atoms with Crippen LogP contribution < -0.4 is 0 Å². The lowest BCUT2D eigenvalue weighted by Crippen LogP contribution is -2.26. The highest BCUT2D eigenvalue weighted by Crippen LogP contribution is 2.15. The van der Waals surface area contributed by atoms with Crippen molar-refractivity contribution in [3.05, 3.63) is 36.0 Å². The van der Waals surface area contributed by atoms with E-state index in [-0.39, 0.29) is 0 Å². The number of hydrogen-bond donors (Lipinski definition) is 0. The second-order valence-electron chi connectivity index (χ2n) is 3.61. The van der Waals surface area contributed by atoms with Gasteiger partial charge in [0.1, 0.15) is 0 Å². The number of nitrogens with zero attached hydrogens (tertiary/aromatic N) is 1. The van der Waals surface area contributed by atoms with Crippen molar-refractivity contribution in [2.75, 3.05) is 19.6 Å². The van der Waals surface area contributed by atoms with Crippen molar-refractivity contribution in [2.24, 2.45) is 0 Å². The molecular weight excluding hydrogens is 170 g/mol. The van der Waals surface area contributed by atoms with Crippen molar-refractivity contribution < 1.29 is 0 Å². The highest BCUT2D eigenvalue weighted by atomic mass is 15.1. The van der Waals surface area contributed by atoms with Gasteiger partial charge in [0, 0.05) is 6.54 Å². The Morgan fingerprint density at radius 3 is 2.00 bits per heavy atom. The van der Waals surface area contributed by atoms with Gasteiger partial charge in [-0.1, -0.05) is 38.7 Å². The highest BCUT2D eigenvalue weighted by Gasteiger charge is 2.06. The quantitative estimate of drug-likeness (QED) is 0.584. The Hall–Kier alpha value is -0.820. The minimum atomic E-state index is 0.986. The lowest BCUT2D eigenvalue weighted by atomic mass is 10.0. The van der Waals surface area contributed by atoms with Gasteiger partial charge in [0.15, 0.2) is 0 Å². The summed E-state index contributed by atoms with van der Waals surface area (Å²) in [6.45, 7) is 19.5. The predicted molar refractivity (Wildman–Crippen MR) is 65.5 cm³/mol. The molecule has 0 aromatic rings. The zero-order chi connectivity index (χ0) is 11.1. The molecule has 80 valence electrons. The molecule has 0 aliphatic carbocycles. The third kappa shape index (κ3) is 3.93. The SMILES string of the molecule is C=C/C(C)=C(/CN(CC)CC)C(=C)C. The van der Waals surface area contributed by atoms with E-state index in [1.54, 1.807) is 0 Å². The smallest absolute Gasteiger partial charge is 0.0238 e. The van der Waals surface area contributed by atoms with Gasteiger partial charge in [-0.05, 0) is 38.1 Å². The minimum Gasteiger partial charge on any atom is -0.300 e. The third-order valence-electron chi connectivity index (χ3n) is 2.57. The fourth-order valence-electron chi connectivity index (χ4n) is 1.39. The van der Waals surface area contributed by atoms with Crippen LogP contribution in [0.4, 0.5) is 0 Å². The first-order chi connectivity index (χ1) is 6.56. The third-order valence-corrected chi connectivity index (χ3v) is 2.57. The fraction of sp³-hybridized carbons (Fsp3) is 0.538. The molecule has 0 aromatic heterocycles. The molecule has 14 heavy (non-hydrogen) atoms. The summed E-state index contributed by atoms with van der Waals surface area (Å²) >= 11 is 0. The normalized spacial score (nSPS) is 12.6. The van der Waals surface area contributed by atoms with Crippen LogP contribution in [0.1, 0.15) is 27.7 Å². The Morgan fingerprint density at radius 2 is 1.71 bits per heavy atom. The molecule has 0 fully saturated rings. The van der Waals surface area contributed by atoms with Crippen LogP contribution in [0.15, 0.2) is 36.0 Å². The predicted octanol–water partition coefficient (Wildman–Crippen LogP) is 3.41. The van der Waals surface area contributed by atoms with Crippen LogP contribution in [0.25, 0.3) is 0 Å². The van der Waals surface area contributed by atoms with Crippen molar-refractivity contribution in [1.82, 2.24) is 4.90 Å². The van der Waals surface area contributed by atoms with E-state index in [2.05, 4.69) is 45.8 Å². The van der Waals surface area contributed by atoms with E-state index in [9.17, 15) is 0 Å². The van der Waals surface area contributed by atoms with E-state index in [1.807, 2.05) is 6.08 Å². The van der Waals surface area contributed by atoms with Gasteiger partial charge in [-0.25, -0.2) is 0 Å². The van der Waals surface area contributed by atoms with Crippen LogP contribution in [0.5, 0.6) is 0 Å². The molecule has 0 bridgehead atoms. The standard InChI is InChI=1S/C13H23N/c1-7-12(6)13(11(4)5)10-14(8-2)9-3/h7H,1,4,8-10H2,2-3,5-6H3/b13-12-. The van der Waals surface area contributed by atoms with E-state index < -0.39 is 0 Å². The summed E-state index contributed by atoms with van der Waals surface area (Å²) in [4.78, 5) is 2.39. The van der Waals surface area contributed by atoms with Crippen LogP contribution in [-0.4, -0.2) is 24.5 Å². The van der Waals surface area contributed by atoms with Crippen LogP contribution in [0.3, 0.4) is 0 Å². The summed E-state index contributed by atoms with van der Waals surface area (Å²) in [5.41, 5.74) is 3.71. The summed E-state index contributed by atoms with van der Waals surface area (Å²) in [5.74, 6) is 0. The lowest BCUT2D eigenvalue weighted by Gasteiger charge is -2.21. The van der Waals surface area contributed by atoms with Crippen molar-refractivity contribution >= 4 is 0 Å². The summed E-state index contributed by atoms with van der Waals surface area (Å²) in [7, 11) is 0. The molecule has 0 N–H and O–H groups in total. The molecule has 0 aliphatic rings. The maximum absolute atomic E-state index is 4.01. The summed E-state index contributed by atoms with van der Waals surface area (Å²) < 4.78 is 0. The maximum Gasteiger partial charge on any atom is 0.0238 e. The van der Waals surface area contributed by atoms with Crippen LogP contribution in [-0.2, 0) is 0 Å². The largest absolute Gasteiger partial charge is 0.300 e. The number of hydrogen-bond acceptors (Lipinski definition) is 1. The molecule has 0 unspecified atom stereocenters. The molecule has 0 radical (unpaired) electrons. The van der Waals surface area contributed by atoms with Crippen LogP contribution in [0, 0.1) is 0 Å². The Kier molecular flexibility index (Phi) is 6.22. The van der Waals surface area contributed by atoms with Gasteiger partial charge in [0.2, 0.25) is 0 Å². The molecule has 1 nitrogen and oxygen atoms in total. The average Bonchev–Trinajstić information content (AvgIpc) is 2.18. The second kappa shape index (κ2) is 6.61. The highest BCUT2D eigenvalue weighted by molar-refractivity contribution is 5.36. The first kappa shape index (κ1) is 13.2. The first-order valence-electron chi connectivity index (χ1n) is 5.27. The molecule has 0 rings (SSSR count). The Balaban J connectivity index is 4.70. The van der Waals surface area contributed by atoms with Gasteiger partial charge in [0.25, 0.3) is 0 Å². The van der Waals surface area contributed by atoms with Crippen LogP contribution >= 0.6 is 0 Å². The van der Waals surface area contributed by atoms with E-state index in [0.29, 0.717) is 0 Å². The van der Waals surface area contributed by atoms with Gasteiger partial charge in [-0.15, -0.1) is 0 Å². The fourth-order valence-corrected chi connectivity index (χ4v) is 1.39. The molecule has 1 heteroatoms. The summed E-state index contributed by atoms with van der Waals surface area (Å²) in [5, 5.41) is 0. The van der Waals surface area contributed by atoms with Crippen molar-refractivity contribution in [3.8, 4) is 0 Å². The van der Waals surface area contributed by atoms with Gasteiger partial charge < -0.3 is 0 Å². The monoisotopic (exact) mass is 193 g/mol. The van der Waals surface area contributed by atoms with E-state index in [1.165, 1.54) is 11.1 Å². The van der Waals surface area contributed by atoms with Gasteiger partial charge >= 0.3 is 0 Å². The van der Waals surface area contributed by atoms with Gasteiger partial charge in [-0.3, -0.25) is 4.90 Å². The van der Waals surface area contributed by atoms with Gasteiger partial charge in [0.05, 0.1) is 0 Å². The molecule has 0 saturated carbocycles. The Bertz CT molecular complexity index is 232. The van der Waals surface area contributed by atoms with Crippen molar-refractivity contribution in [3.63, 3.8) is 0 Å². The topological polar surface area (TPSA) is 3.24 Å². The molecule has 0 aliphatic heterocycles. The molecule has 0 atom stereocenters. The zero-order valence-electron chi connectivity index (χ0n) is 10.1. The average molecular weight is 193 g/mol. The van der Waals surface area contributed by atoms with E-state index >= 15 is 0 Å². The Labute approximate surface area is 88.8 Å². The Morgan fingerprint density at radius 1 is 1.21 bits per heavy atom. The summed E-state index contributed by atoms with van der Waals surface area (Å²) in [6.07, 6.45) is 1.91. The van der Waals surface area contributed by atoms with Gasteiger partial charge in [-0.2, -0.15) is 0 Å². The molecule has 0 amide bonds. The number of likely N-dealkylation sites (N-methyl/N-ethyl adjacent to an activating group) is 1. The lowest BCUT2D eigenvalue weighted by molar-refractivity contribution is 0.330. The summed E-state index contributed by atoms with van der Waals surface area (Å²) in [6, 6.07) is 0. The van der Waals surface area contributed by atoms with Crippen LogP contribution in [0.2, 0.25) is 0 Å². The second-order valence-corrected chi connectivity index (χ2v) is 3.61. The first-order valence-corrected chi connectivity index (χ1v) is 5.27. The van der Waals surface area contributed by atoms with E-state index in [0.717, 1.165) is 25.2 Å². The number of rotatable bonds is 6. The molecular formula is C13H23N. The minimum absolute atomic E-state index is 0.986. The molecule has 0 heterocycles.